The summed E-state index contributed by atoms with van der Waals surface area (Å²) in [6.07, 6.45) is 1.83. The molecule has 4 heteroatoms. The third-order valence-corrected chi connectivity index (χ3v) is 3.53. The molecule has 0 spiro atoms. The van der Waals surface area contributed by atoms with E-state index in [0.717, 1.165) is 11.1 Å². The smallest absolute Gasteiger partial charge is 0.345 e. The van der Waals surface area contributed by atoms with Gasteiger partial charge in [-0.15, -0.1) is 0 Å². The van der Waals surface area contributed by atoms with E-state index in [2.05, 4.69) is 5.10 Å². The van der Waals surface area contributed by atoms with Gasteiger partial charge in [0.25, 0.3) is 0 Å². The summed E-state index contributed by atoms with van der Waals surface area (Å²) in [7, 11) is 0. The minimum Gasteiger partial charge on any atom is -0.422 e. The molecule has 0 aliphatic rings. The Morgan fingerprint density at radius 3 is 2.55 bits per heavy atom. The summed E-state index contributed by atoms with van der Waals surface area (Å²) in [5.74, 6) is 0. The predicted octanol–water partition coefficient (Wildman–Crippen LogP) is 3.65. The summed E-state index contributed by atoms with van der Waals surface area (Å²) >= 11 is 0. The van der Waals surface area contributed by atoms with Crippen molar-refractivity contribution in [2.75, 3.05) is 0 Å². The molecule has 0 saturated carbocycles. The van der Waals surface area contributed by atoms with E-state index in [1.54, 1.807) is 10.7 Å². The van der Waals surface area contributed by atoms with Crippen LogP contribution in [-0.4, -0.2) is 9.78 Å². The molecule has 2 heterocycles. The van der Waals surface area contributed by atoms with Crippen LogP contribution in [0.5, 0.6) is 0 Å². The summed E-state index contributed by atoms with van der Waals surface area (Å²) < 4.78 is 7.10. The van der Waals surface area contributed by atoms with E-state index < -0.39 is 0 Å². The summed E-state index contributed by atoms with van der Waals surface area (Å²) in [4.78, 5) is 12.2. The van der Waals surface area contributed by atoms with Crippen molar-refractivity contribution in [2.45, 2.75) is 0 Å². The van der Waals surface area contributed by atoms with Gasteiger partial charge in [0.15, 0.2) is 0 Å². The van der Waals surface area contributed by atoms with Gasteiger partial charge in [0, 0.05) is 11.6 Å². The zero-order chi connectivity index (χ0) is 14.9. The largest absolute Gasteiger partial charge is 0.422 e. The summed E-state index contributed by atoms with van der Waals surface area (Å²) in [6, 6.07) is 20.8. The molecule has 0 amide bonds. The van der Waals surface area contributed by atoms with E-state index in [0.29, 0.717) is 16.8 Å². The second-order valence-electron chi connectivity index (χ2n) is 4.97. The Hall–Kier alpha value is -3.14. The van der Waals surface area contributed by atoms with Crippen LogP contribution in [0.25, 0.3) is 27.9 Å². The highest BCUT2D eigenvalue weighted by molar-refractivity contribution is 5.80. The van der Waals surface area contributed by atoms with Gasteiger partial charge in [-0.25, -0.2) is 9.48 Å². The van der Waals surface area contributed by atoms with Crippen molar-refractivity contribution < 1.29 is 4.42 Å². The Morgan fingerprint density at radius 1 is 0.909 bits per heavy atom. The monoisotopic (exact) mass is 288 g/mol. The lowest BCUT2D eigenvalue weighted by molar-refractivity contribution is 0.563. The van der Waals surface area contributed by atoms with E-state index in [1.165, 1.54) is 0 Å². The fourth-order valence-electron chi connectivity index (χ4n) is 2.43. The van der Waals surface area contributed by atoms with Crippen molar-refractivity contribution in [3.8, 4) is 16.9 Å². The lowest BCUT2D eigenvalue weighted by Crippen LogP contribution is -2.03. The number of hydrogen-bond acceptors (Lipinski definition) is 3. The SMILES string of the molecule is O=c1oc2ccccc2cc1-c1ccn(-c2ccccc2)n1. The zero-order valence-electron chi connectivity index (χ0n) is 11.6. The molecule has 0 unspecified atom stereocenters. The van der Waals surface area contributed by atoms with Crippen LogP contribution in [0.15, 0.2) is 82.1 Å². The molecule has 0 radical (unpaired) electrons. The molecular weight excluding hydrogens is 276 g/mol. The van der Waals surface area contributed by atoms with Crippen LogP contribution in [0.4, 0.5) is 0 Å². The molecule has 2 aromatic carbocycles. The average molecular weight is 288 g/mol. The molecule has 106 valence electrons. The number of fused-ring (bicyclic) bond motifs is 1. The van der Waals surface area contributed by atoms with E-state index in [9.17, 15) is 4.79 Å². The highest BCUT2D eigenvalue weighted by atomic mass is 16.4. The van der Waals surface area contributed by atoms with E-state index >= 15 is 0 Å². The second-order valence-corrected chi connectivity index (χ2v) is 4.97. The molecule has 22 heavy (non-hydrogen) atoms. The van der Waals surface area contributed by atoms with Crippen molar-refractivity contribution in [3.05, 3.63) is 83.3 Å². The van der Waals surface area contributed by atoms with Crippen LogP contribution in [0.1, 0.15) is 0 Å². The first-order valence-electron chi connectivity index (χ1n) is 6.96. The van der Waals surface area contributed by atoms with Gasteiger partial charge in [0.1, 0.15) is 11.3 Å². The Morgan fingerprint density at radius 2 is 1.68 bits per heavy atom. The molecule has 0 atom stereocenters. The van der Waals surface area contributed by atoms with Crippen LogP contribution >= 0.6 is 0 Å². The first-order valence-corrected chi connectivity index (χ1v) is 6.96. The summed E-state index contributed by atoms with van der Waals surface area (Å²) in [5.41, 5.74) is 2.21. The molecule has 4 nitrogen and oxygen atoms in total. The van der Waals surface area contributed by atoms with Crippen LogP contribution in [0.3, 0.4) is 0 Å². The van der Waals surface area contributed by atoms with Crippen molar-refractivity contribution >= 4 is 11.0 Å². The highest BCUT2D eigenvalue weighted by Gasteiger charge is 2.10. The van der Waals surface area contributed by atoms with Gasteiger partial charge in [-0.05, 0) is 30.3 Å². The quantitative estimate of drug-likeness (QED) is 0.529. The number of aromatic nitrogens is 2. The Kier molecular flexibility index (Phi) is 2.86. The van der Waals surface area contributed by atoms with Crippen LogP contribution < -0.4 is 5.63 Å². The number of rotatable bonds is 2. The van der Waals surface area contributed by atoms with Crippen molar-refractivity contribution in [2.24, 2.45) is 0 Å². The van der Waals surface area contributed by atoms with E-state index in [1.807, 2.05) is 66.9 Å². The van der Waals surface area contributed by atoms with Gasteiger partial charge in [-0.2, -0.15) is 5.10 Å². The second kappa shape index (κ2) is 5.00. The maximum Gasteiger partial charge on any atom is 0.345 e. The number of hydrogen-bond donors (Lipinski definition) is 0. The zero-order valence-corrected chi connectivity index (χ0v) is 11.6. The van der Waals surface area contributed by atoms with E-state index in [4.69, 9.17) is 4.42 Å². The van der Waals surface area contributed by atoms with Crippen molar-refractivity contribution in [1.29, 1.82) is 0 Å². The lowest BCUT2D eigenvalue weighted by atomic mass is 10.1. The van der Waals surface area contributed by atoms with Crippen molar-refractivity contribution in [1.82, 2.24) is 9.78 Å². The molecule has 0 N–H and O–H groups in total. The average Bonchev–Trinajstić information content (AvgIpc) is 3.05. The van der Waals surface area contributed by atoms with Crippen molar-refractivity contribution in [3.63, 3.8) is 0 Å². The number of para-hydroxylation sites is 2. The Balaban J connectivity index is 1.84. The molecule has 2 aromatic heterocycles. The van der Waals surface area contributed by atoms with Gasteiger partial charge in [0.05, 0.1) is 11.3 Å². The fraction of sp³-hybridized carbons (Fsp3) is 0. The Bertz CT molecular complexity index is 1000. The third-order valence-electron chi connectivity index (χ3n) is 3.53. The number of nitrogens with zero attached hydrogens (tertiary/aromatic N) is 2. The summed E-state index contributed by atoms with van der Waals surface area (Å²) in [6.45, 7) is 0. The molecule has 4 aromatic rings. The fourth-order valence-corrected chi connectivity index (χ4v) is 2.43. The Labute approximate surface area is 126 Å². The van der Waals surface area contributed by atoms with Gasteiger partial charge >= 0.3 is 5.63 Å². The number of benzene rings is 2. The van der Waals surface area contributed by atoms with Gasteiger partial charge in [0.2, 0.25) is 0 Å². The topological polar surface area (TPSA) is 48.0 Å². The lowest BCUT2D eigenvalue weighted by Gasteiger charge is -2.01. The molecule has 4 rings (SSSR count). The first-order chi connectivity index (χ1) is 10.8. The van der Waals surface area contributed by atoms with Crippen LogP contribution in [-0.2, 0) is 0 Å². The predicted molar refractivity (Wildman–Crippen MR) is 85.0 cm³/mol. The standard InChI is InChI=1S/C18H12N2O2/c21-18-15(12-13-6-4-5-9-17(13)22-18)16-10-11-20(19-16)14-7-2-1-3-8-14/h1-12H. The molecule has 0 aliphatic heterocycles. The third kappa shape index (κ3) is 2.11. The van der Waals surface area contributed by atoms with Crippen LogP contribution in [0, 0.1) is 0 Å². The highest BCUT2D eigenvalue weighted by Crippen LogP contribution is 2.20. The maximum atomic E-state index is 12.2. The van der Waals surface area contributed by atoms with Crippen LogP contribution in [0.2, 0.25) is 0 Å². The van der Waals surface area contributed by atoms with Gasteiger partial charge < -0.3 is 4.42 Å². The normalized spacial score (nSPS) is 10.9. The minimum absolute atomic E-state index is 0.378. The maximum absolute atomic E-state index is 12.2. The molecular formula is C18H12N2O2. The van der Waals surface area contributed by atoms with Gasteiger partial charge in [-0.3, -0.25) is 0 Å². The molecule has 0 saturated heterocycles. The van der Waals surface area contributed by atoms with Gasteiger partial charge in [-0.1, -0.05) is 36.4 Å². The molecule has 0 bridgehead atoms. The molecule has 0 fully saturated rings. The molecule has 0 aliphatic carbocycles. The first kappa shape index (κ1) is 12.6. The minimum atomic E-state index is -0.378. The van der Waals surface area contributed by atoms with E-state index in [-0.39, 0.29) is 5.63 Å². The summed E-state index contributed by atoms with van der Waals surface area (Å²) in [5, 5.41) is 5.36.